The molecular weight excluding hydrogens is 396 g/mol. The van der Waals surface area contributed by atoms with Gasteiger partial charge in [0.2, 0.25) is 0 Å². The van der Waals surface area contributed by atoms with Crippen LogP contribution < -0.4 is 15.5 Å². The number of hydrogen-bond acceptors (Lipinski definition) is 4. The fraction of sp³-hybridized carbons (Fsp3) is 0.458. The third kappa shape index (κ3) is 4.36. The van der Waals surface area contributed by atoms with Crippen LogP contribution in [0.5, 0.6) is 0 Å². The van der Waals surface area contributed by atoms with E-state index < -0.39 is 0 Å². The lowest BCUT2D eigenvalue weighted by atomic mass is 9.82. The molecule has 1 aromatic carbocycles. The van der Waals surface area contributed by atoms with Gasteiger partial charge in [-0.25, -0.2) is 0 Å². The van der Waals surface area contributed by atoms with Crippen LogP contribution in [0.2, 0.25) is 0 Å². The predicted molar refractivity (Wildman–Crippen MR) is 123 cm³/mol. The van der Waals surface area contributed by atoms with E-state index in [9.17, 15) is 4.79 Å². The van der Waals surface area contributed by atoms with E-state index in [0.717, 1.165) is 30.8 Å². The molecule has 5 nitrogen and oxygen atoms in total. The number of hydrogen-bond donors (Lipinski definition) is 2. The van der Waals surface area contributed by atoms with Gasteiger partial charge in [-0.05, 0) is 54.5 Å². The zero-order valence-electron chi connectivity index (χ0n) is 18.0. The Morgan fingerprint density at radius 2 is 1.93 bits per heavy atom. The first-order chi connectivity index (χ1) is 14.4. The van der Waals surface area contributed by atoms with Gasteiger partial charge in [-0.1, -0.05) is 44.5 Å². The second-order valence-corrected chi connectivity index (χ2v) is 9.48. The molecule has 160 valence electrons. The molecule has 1 atom stereocenters. The van der Waals surface area contributed by atoms with Gasteiger partial charge in [0.25, 0.3) is 5.91 Å². The van der Waals surface area contributed by atoms with Gasteiger partial charge in [-0.3, -0.25) is 4.79 Å². The fourth-order valence-electron chi connectivity index (χ4n) is 4.24. The first-order valence-corrected chi connectivity index (χ1v) is 11.2. The average Bonchev–Trinajstić information content (AvgIpc) is 3.10. The Bertz CT molecular complexity index is 890. The average molecular weight is 427 g/mol. The van der Waals surface area contributed by atoms with Crippen LogP contribution in [0.4, 0.5) is 5.69 Å². The highest BCUT2D eigenvalue weighted by molar-refractivity contribution is 6.31. The molecule has 0 saturated carbocycles. The molecule has 3 heterocycles. The molecule has 6 heteroatoms. The second-order valence-electron chi connectivity index (χ2n) is 9.04. The predicted octanol–water partition coefficient (Wildman–Crippen LogP) is 4.43. The van der Waals surface area contributed by atoms with Crippen molar-refractivity contribution in [2.24, 2.45) is 5.41 Å². The largest absolute Gasteiger partial charge is 0.371 e. The van der Waals surface area contributed by atoms with Gasteiger partial charge in [0.15, 0.2) is 0 Å². The molecule has 0 bridgehead atoms. The summed E-state index contributed by atoms with van der Waals surface area (Å²) in [6, 6.07) is 8.57. The number of carbonyl (C=O) groups excluding carboxylic acids is 1. The van der Waals surface area contributed by atoms with E-state index in [-0.39, 0.29) is 12.1 Å². The van der Waals surface area contributed by atoms with Gasteiger partial charge < -0.3 is 20.4 Å². The lowest BCUT2D eigenvalue weighted by molar-refractivity contribution is -0.118. The molecule has 1 saturated heterocycles. The van der Waals surface area contributed by atoms with Gasteiger partial charge in [-0.15, -0.1) is 0 Å². The van der Waals surface area contributed by atoms with E-state index >= 15 is 0 Å². The zero-order valence-corrected chi connectivity index (χ0v) is 18.8. The molecule has 2 N–H and O–H groups in total. The number of fused-ring (bicyclic) bond motifs is 1. The van der Waals surface area contributed by atoms with E-state index in [2.05, 4.69) is 53.6 Å². The molecule has 0 aliphatic carbocycles. The van der Waals surface area contributed by atoms with E-state index in [0.29, 0.717) is 22.7 Å². The number of anilines is 1. The normalized spacial score (nSPS) is 22.5. The topological polar surface area (TPSA) is 47.6 Å². The summed E-state index contributed by atoms with van der Waals surface area (Å²) >= 11 is 6.11. The summed E-state index contributed by atoms with van der Waals surface area (Å²) in [5, 5.41) is 7.14. The van der Waals surface area contributed by atoms with Crippen LogP contribution in [0.3, 0.4) is 0 Å². The first-order valence-electron chi connectivity index (χ1n) is 10.8. The lowest BCUT2D eigenvalue weighted by Crippen LogP contribution is -2.37. The Hall–Kier alpha value is -2.40. The molecule has 1 amide bonds. The lowest BCUT2D eigenvalue weighted by Gasteiger charge is -2.38. The summed E-state index contributed by atoms with van der Waals surface area (Å²) in [6.07, 6.45) is 8.71. The SMILES string of the molecule is CCC1=C(C(=O)NCc2ccc(N3CCC(C)(C)CC3)cc2)N2C=CC(Cl)=CC2N1. The summed E-state index contributed by atoms with van der Waals surface area (Å²) in [4.78, 5) is 17.4. The van der Waals surface area contributed by atoms with Crippen molar-refractivity contribution in [2.75, 3.05) is 18.0 Å². The summed E-state index contributed by atoms with van der Waals surface area (Å²) in [7, 11) is 0. The van der Waals surface area contributed by atoms with Crippen LogP contribution in [0, 0.1) is 5.41 Å². The third-order valence-corrected chi connectivity index (χ3v) is 6.57. The highest BCUT2D eigenvalue weighted by atomic mass is 35.5. The molecule has 1 fully saturated rings. The van der Waals surface area contributed by atoms with Crippen molar-refractivity contribution in [1.82, 2.24) is 15.5 Å². The Morgan fingerprint density at radius 3 is 2.60 bits per heavy atom. The van der Waals surface area contributed by atoms with Gasteiger partial charge in [0.1, 0.15) is 11.9 Å². The van der Waals surface area contributed by atoms with Crippen molar-refractivity contribution in [3.05, 3.63) is 64.6 Å². The van der Waals surface area contributed by atoms with Crippen molar-refractivity contribution >= 4 is 23.2 Å². The summed E-state index contributed by atoms with van der Waals surface area (Å²) < 4.78 is 0. The van der Waals surface area contributed by atoms with Gasteiger partial charge in [0.05, 0.1) is 0 Å². The van der Waals surface area contributed by atoms with E-state index in [1.165, 1.54) is 18.5 Å². The first kappa shape index (κ1) is 20.9. The molecule has 1 aromatic rings. The minimum Gasteiger partial charge on any atom is -0.371 e. The van der Waals surface area contributed by atoms with Crippen LogP contribution in [0.1, 0.15) is 45.6 Å². The van der Waals surface area contributed by atoms with Crippen LogP contribution in [-0.2, 0) is 11.3 Å². The number of amides is 1. The standard InChI is InChI=1S/C24H31ClN4O/c1-4-20-22(29-12-9-18(25)15-21(29)27-20)23(30)26-16-17-5-7-19(8-6-17)28-13-10-24(2,3)11-14-28/h5-9,12,15,21,27H,4,10-11,13-14,16H2,1-3H3,(H,26,30). The molecule has 0 spiro atoms. The Morgan fingerprint density at radius 1 is 1.23 bits per heavy atom. The quantitative estimate of drug-likeness (QED) is 0.731. The van der Waals surface area contributed by atoms with E-state index in [1.54, 1.807) is 0 Å². The Kier molecular flexibility index (Phi) is 5.83. The van der Waals surface area contributed by atoms with Crippen LogP contribution >= 0.6 is 11.6 Å². The van der Waals surface area contributed by atoms with Crippen molar-refractivity contribution in [3.8, 4) is 0 Å². The minimum absolute atomic E-state index is 0.0692. The number of piperidine rings is 1. The molecular formula is C24H31ClN4O. The molecule has 1 unspecified atom stereocenters. The second kappa shape index (κ2) is 8.38. The molecule has 4 rings (SSSR count). The Labute approximate surface area is 184 Å². The zero-order chi connectivity index (χ0) is 21.3. The fourth-order valence-corrected chi connectivity index (χ4v) is 4.42. The minimum atomic E-state index is -0.0907. The number of carbonyl (C=O) groups is 1. The molecule has 3 aliphatic rings. The maximum atomic E-state index is 13.0. The highest BCUT2D eigenvalue weighted by Crippen LogP contribution is 2.32. The maximum absolute atomic E-state index is 13.0. The van der Waals surface area contributed by atoms with Crippen molar-refractivity contribution in [3.63, 3.8) is 0 Å². The number of nitrogens with zero attached hydrogens (tertiary/aromatic N) is 2. The van der Waals surface area contributed by atoms with Crippen molar-refractivity contribution in [1.29, 1.82) is 0 Å². The number of benzene rings is 1. The number of halogens is 1. The molecule has 30 heavy (non-hydrogen) atoms. The Balaban J connectivity index is 1.37. The smallest absolute Gasteiger partial charge is 0.270 e. The number of rotatable bonds is 5. The van der Waals surface area contributed by atoms with Gasteiger partial charge >= 0.3 is 0 Å². The van der Waals surface area contributed by atoms with E-state index in [1.807, 2.05) is 30.2 Å². The van der Waals surface area contributed by atoms with Crippen molar-refractivity contribution < 1.29 is 4.79 Å². The van der Waals surface area contributed by atoms with Crippen LogP contribution in [0.15, 0.2) is 59.0 Å². The van der Waals surface area contributed by atoms with Crippen LogP contribution in [-0.4, -0.2) is 30.1 Å². The molecule has 3 aliphatic heterocycles. The monoisotopic (exact) mass is 426 g/mol. The van der Waals surface area contributed by atoms with Gasteiger partial charge in [-0.2, -0.15) is 0 Å². The molecule has 0 radical (unpaired) electrons. The van der Waals surface area contributed by atoms with Crippen molar-refractivity contribution in [2.45, 2.75) is 52.7 Å². The van der Waals surface area contributed by atoms with E-state index in [4.69, 9.17) is 11.6 Å². The summed E-state index contributed by atoms with van der Waals surface area (Å²) in [5.41, 5.74) is 4.43. The summed E-state index contributed by atoms with van der Waals surface area (Å²) in [6.45, 7) is 9.46. The van der Waals surface area contributed by atoms with Crippen LogP contribution in [0.25, 0.3) is 0 Å². The summed E-state index contributed by atoms with van der Waals surface area (Å²) in [5.74, 6) is -0.0692. The number of nitrogens with one attached hydrogen (secondary N) is 2. The highest BCUT2D eigenvalue weighted by Gasteiger charge is 2.33. The number of allylic oxidation sites excluding steroid dienone is 3. The van der Waals surface area contributed by atoms with Gasteiger partial charge in [0, 0.05) is 42.3 Å². The third-order valence-electron chi connectivity index (χ3n) is 6.32. The molecule has 0 aromatic heterocycles. The maximum Gasteiger partial charge on any atom is 0.270 e.